The Labute approximate surface area is 848 Å². The predicted octanol–water partition coefficient (Wildman–Crippen LogP) is -17.9. The maximum absolute atomic E-state index is 12.0. The second-order valence-corrected chi connectivity index (χ2v) is 37.7. The van der Waals surface area contributed by atoms with Gasteiger partial charge in [0, 0.05) is 91.9 Å². The molecule has 12 rings (SSSR count). The van der Waals surface area contributed by atoms with Crippen LogP contribution in [0.15, 0.2) is 0 Å². The molecule has 12 saturated heterocycles. The number of hydrogen-bond acceptors (Lipinski definition) is 61. The van der Waals surface area contributed by atoms with Crippen molar-refractivity contribution in [1.29, 1.82) is 0 Å². The molecule has 0 aliphatic carbocycles. The van der Waals surface area contributed by atoms with Crippen LogP contribution in [-0.4, -0.2) is 667 Å². The SMILES string of the molecule is CCCO[C@H]1O[C@H](COC)[C@@H](O[C@H]2O[C@H](COC)[C@@H](O[C@H]3O[C@H](COC)[C@@H](O[C@H]4O[C@H](COC)[C@@H](O[C@H]5O[C@H](COC)[C@@H](O[C@H]6O[C@H](COC)[C@@H](O[C@H]7O[C@H](COC)[C@@H](O[C@H]8O[C@H](COC)[C@@H](O[C@H]9O[C@H](COC)[C@@H](O[C@H]%10O[C@H](COC)[C@@H](O[C@H]%11O[C@H](COC)[C@@H](O[C@H]%12O[C@H](COC)[C@@H](O)[C@H](O)[C@H]%12O)[C@H](O)[C@H]%11O)[C@H](O)[C@H]%10O)[C@H](O)[C@H]9O)[C@H](O)[C@H]8O)[C@H](O)[C@H]7O)[C@H](O)[C@H]6O)[C@H](O)[C@H]5O)[C@H](O)[C@H]4O)[C@H](O)[C@H]3O)[C@H](O)[C@H]2O)[C@H](O)[C@H]1O. The van der Waals surface area contributed by atoms with Gasteiger partial charge in [-0.1, -0.05) is 6.92 Å². The van der Waals surface area contributed by atoms with E-state index in [1.54, 1.807) is 0 Å². The highest BCUT2D eigenvalue weighted by Crippen LogP contribution is 2.44. The molecular formula is C87H152O61. The molecule has 0 aromatic heterocycles. The summed E-state index contributed by atoms with van der Waals surface area (Å²) in [5.41, 5.74) is 0. The predicted molar refractivity (Wildman–Crippen MR) is 466 cm³/mol. The highest BCUT2D eigenvalue weighted by molar-refractivity contribution is 5.06. The summed E-state index contributed by atoms with van der Waals surface area (Å²) in [5, 5.41) is 290. The molecule has 0 aromatic carbocycles. The fourth-order valence-electron chi connectivity index (χ4n) is 19.6. The maximum Gasteiger partial charge on any atom is 0.187 e. The molecule has 61 heteroatoms. The Morgan fingerprint density at radius 2 is 0.243 bits per heavy atom. The van der Waals surface area contributed by atoms with Gasteiger partial charge in [-0.15, -0.1) is 0 Å². The standard InChI is InChI=1S/C87H152O61/c1-14-15-125-76-54(102)42(90)65(29(127-76)17-114-3)139-78-56(104)44(92)67(31(129-78)19-116-5)141-80-58(106)46(94)69(33(131-80)21-118-7)143-82-60(108)48(96)71(35(133-82)23-120-9)145-84-62(110)50(98)73(37(135-84)25-122-11)147-86-64(112)52(100)75(39(137-86)27-124-13)148-87-63(111)51(99)74(38(136-87)26-123-12)146-85-61(109)49(97)72(36(134-85)24-121-10)144-83-59(107)47(95)70(34(132-83)22-119-8)142-81-57(105)45(93)68(32(130-81)20-117-6)140-79-55(103)43(91)66(30(128-79)18-115-4)138-77-53(101)41(89)40(88)28(126-77)16-113-2/h28-112H,14-27H2,1-13H3/t28-,29-,30-,31-,32-,33-,34-,35-,36-,37-,38-,39-,40-,41+,42-,43-,44-,45-,46-,47-,48-,49-,50-,51-,52-,53-,54-,55-,56-,57-,58-,59-,60-,61-,62-,63-,64-,65-,66-,67-,68-,69-,70-,71-,72-,73-,74-,75-,76+,77-,78-,79-,80-,81-,82-,83-,84-,85-,86-,87-/m1/s1. The molecule has 12 fully saturated rings. The molecule has 0 aromatic rings. The molecule has 25 N–H and O–H groups in total. The number of aliphatic hydroxyl groups excluding tert-OH is 25. The lowest BCUT2D eigenvalue weighted by Gasteiger charge is -2.50. The minimum Gasteiger partial charge on any atom is -0.387 e. The molecule has 12 aliphatic heterocycles. The van der Waals surface area contributed by atoms with Gasteiger partial charge in [-0.05, 0) is 6.42 Å². The van der Waals surface area contributed by atoms with Crippen LogP contribution in [0.2, 0.25) is 0 Å². The Hall–Kier alpha value is -2.44. The van der Waals surface area contributed by atoms with E-state index in [4.69, 9.17) is 171 Å². The van der Waals surface area contributed by atoms with Crippen molar-refractivity contribution in [2.45, 2.75) is 382 Å². The van der Waals surface area contributed by atoms with Gasteiger partial charge in [0.15, 0.2) is 75.5 Å². The van der Waals surface area contributed by atoms with Crippen LogP contribution >= 0.6 is 0 Å². The third-order valence-corrected chi connectivity index (χ3v) is 27.4. The Morgan fingerprint density at radius 3 is 0.372 bits per heavy atom. The van der Waals surface area contributed by atoms with Crippen LogP contribution in [0.25, 0.3) is 0 Å². The quantitative estimate of drug-likeness (QED) is 0.0269. The van der Waals surface area contributed by atoms with Crippen LogP contribution in [0, 0.1) is 0 Å². The fourth-order valence-corrected chi connectivity index (χ4v) is 19.6. The van der Waals surface area contributed by atoms with Crippen molar-refractivity contribution < 1.29 is 298 Å². The van der Waals surface area contributed by atoms with E-state index >= 15 is 0 Å². The lowest BCUT2D eigenvalue weighted by Crippen LogP contribution is -2.69. The van der Waals surface area contributed by atoms with Gasteiger partial charge in [-0.2, -0.15) is 0 Å². The summed E-state index contributed by atoms with van der Waals surface area (Å²) in [5.74, 6) is 0. The lowest BCUT2D eigenvalue weighted by molar-refractivity contribution is -0.402. The van der Waals surface area contributed by atoms with Crippen LogP contribution in [0.1, 0.15) is 13.3 Å². The van der Waals surface area contributed by atoms with Gasteiger partial charge in [-0.3, -0.25) is 0 Å². The van der Waals surface area contributed by atoms with Crippen molar-refractivity contribution in [2.75, 3.05) is 171 Å². The monoisotopic (exact) mass is 2170 g/mol. The third-order valence-electron chi connectivity index (χ3n) is 27.4. The second-order valence-electron chi connectivity index (χ2n) is 37.7. The van der Waals surface area contributed by atoms with Crippen molar-refractivity contribution in [3.8, 4) is 0 Å². The molecule has 12 aliphatic rings. The molecule has 60 atom stereocenters. The van der Waals surface area contributed by atoms with E-state index in [0.29, 0.717) is 6.42 Å². The summed E-state index contributed by atoms with van der Waals surface area (Å²) >= 11 is 0. The molecule has 148 heavy (non-hydrogen) atoms. The molecule has 0 radical (unpaired) electrons. The van der Waals surface area contributed by atoms with E-state index in [9.17, 15) is 128 Å². The molecule has 61 nitrogen and oxygen atoms in total. The molecule has 0 amide bonds. The minimum atomic E-state index is -2.19. The number of hydrogen-bond donors (Lipinski definition) is 25. The van der Waals surface area contributed by atoms with Gasteiger partial charge < -0.3 is 298 Å². The fraction of sp³-hybridized carbons (Fsp3) is 1.00. The van der Waals surface area contributed by atoms with Crippen molar-refractivity contribution in [3.63, 3.8) is 0 Å². The van der Waals surface area contributed by atoms with Gasteiger partial charge in [0.25, 0.3) is 0 Å². The molecule has 0 saturated carbocycles. The number of methoxy groups -OCH3 is 12. The Balaban J connectivity index is 0.635. The largest absolute Gasteiger partial charge is 0.387 e. The first-order valence-electron chi connectivity index (χ1n) is 48.3. The zero-order chi connectivity index (χ0) is 108. The smallest absolute Gasteiger partial charge is 0.187 e. The number of ether oxygens (including phenoxy) is 36. The van der Waals surface area contributed by atoms with Gasteiger partial charge >= 0.3 is 0 Å². The summed E-state index contributed by atoms with van der Waals surface area (Å²) in [6.45, 7) is -3.06. The van der Waals surface area contributed by atoms with Gasteiger partial charge in [0.2, 0.25) is 0 Å². The zero-order valence-corrected chi connectivity index (χ0v) is 83.4. The summed E-state index contributed by atoms with van der Waals surface area (Å²) in [6, 6.07) is 0. The summed E-state index contributed by atoms with van der Waals surface area (Å²) in [6.07, 6.45) is -108. The maximum atomic E-state index is 12.0. The van der Waals surface area contributed by atoms with Crippen molar-refractivity contribution in [1.82, 2.24) is 0 Å². The highest BCUT2D eigenvalue weighted by Gasteiger charge is 2.64. The molecule has 0 bridgehead atoms. The van der Waals surface area contributed by atoms with Crippen molar-refractivity contribution in [2.24, 2.45) is 0 Å². The Kier molecular flexibility index (Phi) is 48.2. The first kappa shape index (κ1) is 124. The van der Waals surface area contributed by atoms with Gasteiger partial charge in [0.1, 0.15) is 293 Å². The van der Waals surface area contributed by atoms with Crippen LogP contribution in [-0.2, 0) is 171 Å². The van der Waals surface area contributed by atoms with E-state index in [-0.39, 0.29) is 33.0 Å². The Morgan fingerprint density at radius 1 is 0.135 bits per heavy atom. The van der Waals surface area contributed by atoms with Crippen LogP contribution in [0.3, 0.4) is 0 Å². The molecule has 12 heterocycles. The Bertz CT molecular complexity index is 3610. The molecular weight excluding hydrogens is 2020 g/mol. The van der Waals surface area contributed by atoms with Crippen LogP contribution < -0.4 is 0 Å². The number of aliphatic hydroxyl groups is 25. The minimum absolute atomic E-state index is 0.171. The first-order chi connectivity index (χ1) is 70.7. The molecule has 0 spiro atoms. The lowest BCUT2D eigenvalue weighted by atomic mass is 9.95. The summed E-state index contributed by atoms with van der Waals surface area (Å²) in [4.78, 5) is 0. The molecule has 866 valence electrons. The average molecular weight is 2170 g/mol. The van der Waals surface area contributed by atoms with Gasteiger partial charge in [0.05, 0.1) is 79.3 Å². The average Bonchev–Trinajstić information content (AvgIpc) is 0.769. The normalized spacial score (nSPS) is 49.6. The topological polar surface area (TPSA) is 838 Å². The van der Waals surface area contributed by atoms with Gasteiger partial charge in [-0.25, -0.2) is 0 Å². The highest BCUT2D eigenvalue weighted by atomic mass is 16.8. The second kappa shape index (κ2) is 57.5. The summed E-state index contributed by atoms with van der Waals surface area (Å²) < 4.78 is 209. The van der Waals surface area contributed by atoms with E-state index in [1.165, 1.54) is 85.3 Å². The number of rotatable bonds is 49. The van der Waals surface area contributed by atoms with Crippen LogP contribution in [0.4, 0.5) is 0 Å². The van der Waals surface area contributed by atoms with E-state index in [1.807, 2.05) is 6.92 Å². The van der Waals surface area contributed by atoms with E-state index in [2.05, 4.69) is 0 Å². The van der Waals surface area contributed by atoms with E-state index in [0.717, 1.165) is 0 Å². The van der Waals surface area contributed by atoms with Crippen molar-refractivity contribution in [3.05, 3.63) is 0 Å². The van der Waals surface area contributed by atoms with Crippen LogP contribution in [0.5, 0.6) is 0 Å². The zero-order valence-electron chi connectivity index (χ0n) is 83.4. The first-order valence-corrected chi connectivity index (χ1v) is 48.3. The third kappa shape index (κ3) is 28.2. The molecule has 0 unspecified atom stereocenters. The van der Waals surface area contributed by atoms with Crippen molar-refractivity contribution >= 4 is 0 Å². The van der Waals surface area contributed by atoms with E-state index < -0.39 is 421 Å². The summed E-state index contributed by atoms with van der Waals surface area (Å²) in [7, 11) is 14.9.